The molecule has 10 heteroatoms. The Bertz CT molecular complexity index is 725. The fraction of sp³-hybridized carbons (Fsp3) is 0.842. The summed E-state index contributed by atoms with van der Waals surface area (Å²) in [6.45, 7) is 1.92. The number of amides is 4. The monoisotopic (exact) mass is 428 g/mol. The molecule has 2 saturated heterocycles. The molecule has 4 amide bonds. The van der Waals surface area contributed by atoms with E-state index < -0.39 is 33.3 Å². The standard InChI is InChI=1S/C19H32N4O5S/c1-13-16(18(25)22-19(26)20-13)29(27,28)23-11-9-14(10-12-23)17(24)21-15-7-5-3-2-4-6-8-15/h13-16H,2-12H2,1H3,(H,21,24)(H2,20,22,25,26). The molecule has 1 saturated carbocycles. The summed E-state index contributed by atoms with van der Waals surface area (Å²) in [4.78, 5) is 36.1. The van der Waals surface area contributed by atoms with Gasteiger partial charge in [0.1, 0.15) is 0 Å². The topological polar surface area (TPSA) is 125 Å². The number of hydrogen-bond acceptors (Lipinski definition) is 5. The summed E-state index contributed by atoms with van der Waals surface area (Å²) >= 11 is 0. The first-order chi connectivity index (χ1) is 13.8. The summed E-state index contributed by atoms with van der Waals surface area (Å²) in [5, 5.41) is 6.30. The van der Waals surface area contributed by atoms with E-state index in [1.54, 1.807) is 0 Å². The van der Waals surface area contributed by atoms with Crippen molar-refractivity contribution >= 4 is 27.9 Å². The van der Waals surface area contributed by atoms with Gasteiger partial charge in [0.25, 0.3) is 0 Å². The smallest absolute Gasteiger partial charge is 0.321 e. The van der Waals surface area contributed by atoms with E-state index in [1.165, 1.54) is 30.5 Å². The third-order valence-electron chi connectivity index (χ3n) is 6.27. The zero-order valence-electron chi connectivity index (χ0n) is 17.0. The van der Waals surface area contributed by atoms with Crippen LogP contribution in [0.2, 0.25) is 0 Å². The van der Waals surface area contributed by atoms with Crippen LogP contribution in [0.3, 0.4) is 0 Å². The highest BCUT2D eigenvalue weighted by Gasteiger charge is 2.46. The van der Waals surface area contributed by atoms with Gasteiger partial charge in [-0.1, -0.05) is 32.1 Å². The average molecular weight is 429 g/mol. The Labute approximate surface area is 172 Å². The lowest BCUT2D eigenvalue weighted by atomic mass is 9.94. The van der Waals surface area contributed by atoms with Crippen molar-refractivity contribution in [2.45, 2.75) is 82.0 Å². The molecule has 1 aliphatic carbocycles. The van der Waals surface area contributed by atoms with E-state index in [1.807, 2.05) is 5.32 Å². The van der Waals surface area contributed by atoms with Crippen LogP contribution in [0.15, 0.2) is 0 Å². The van der Waals surface area contributed by atoms with Gasteiger partial charge in [-0.15, -0.1) is 0 Å². The quantitative estimate of drug-likeness (QED) is 0.612. The van der Waals surface area contributed by atoms with Gasteiger partial charge < -0.3 is 10.6 Å². The average Bonchev–Trinajstić information content (AvgIpc) is 2.62. The van der Waals surface area contributed by atoms with Crippen LogP contribution in [0.1, 0.15) is 64.7 Å². The fourth-order valence-electron chi connectivity index (χ4n) is 4.57. The minimum Gasteiger partial charge on any atom is -0.353 e. The van der Waals surface area contributed by atoms with Crippen molar-refractivity contribution in [3.05, 3.63) is 0 Å². The molecule has 3 rings (SSSR count). The Morgan fingerprint density at radius 3 is 2.17 bits per heavy atom. The second-order valence-corrected chi connectivity index (χ2v) is 10.5. The number of rotatable bonds is 4. The number of urea groups is 1. The largest absolute Gasteiger partial charge is 0.353 e. The minimum absolute atomic E-state index is 0.0173. The van der Waals surface area contributed by atoms with Crippen LogP contribution >= 0.6 is 0 Å². The van der Waals surface area contributed by atoms with Crippen molar-refractivity contribution in [2.75, 3.05) is 13.1 Å². The third kappa shape index (κ3) is 5.28. The number of carbonyl (C=O) groups excluding carboxylic acids is 3. The molecule has 2 heterocycles. The Balaban J connectivity index is 1.54. The van der Waals surface area contributed by atoms with Crippen LogP contribution < -0.4 is 16.0 Å². The van der Waals surface area contributed by atoms with Gasteiger partial charge >= 0.3 is 6.03 Å². The number of hydrogen-bond donors (Lipinski definition) is 3. The molecule has 2 unspecified atom stereocenters. The van der Waals surface area contributed by atoms with E-state index in [2.05, 4.69) is 10.6 Å². The zero-order valence-corrected chi connectivity index (χ0v) is 17.8. The van der Waals surface area contributed by atoms with E-state index in [0.717, 1.165) is 25.7 Å². The van der Waals surface area contributed by atoms with Crippen LogP contribution in [-0.2, 0) is 19.6 Å². The molecular weight excluding hydrogens is 396 g/mol. The molecule has 0 radical (unpaired) electrons. The summed E-state index contributed by atoms with van der Waals surface area (Å²) in [6.07, 6.45) is 8.89. The molecule has 0 bridgehead atoms. The van der Waals surface area contributed by atoms with E-state index in [-0.39, 0.29) is 31.0 Å². The first-order valence-corrected chi connectivity index (χ1v) is 12.2. The van der Waals surface area contributed by atoms with Crippen LogP contribution in [0.4, 0.5) is 4.79 Å². The molecule has 9 nitrogen and oxygen atoms in total. The fourth-order valence-corrected chi connectivity index (χ4v) is 6.53. The molecular formula is C19H32N4O5S. The number of piperidine rings is 1. The molecule has 0 spiro atoms. The zero-order chi connectivity index (χ0) is 21.0. The van der Waals surface area contributed by atoms with Crippen molar-refractivity contribution in [1.29, 1.82) is 0 Å². The number of carbonyl (C=O) groups is 3. The molecule has 3 fully saturated rings. The molecule has 2 aliphatic heterocycles. The maximum Gasteiger partial charge on any atom is 0.321 e. The molecule has 0 aromatic rings. The van der Waals surface area contributed by atoms with E-state index in [0.29, 0.717) is 12.8 Å². The number of nitrogens with zero attached hydrogens (tertiary/aromatic N) is 1. The van der Waals surface area contributed by atoms with Gasteiger partial charge in [0.15, 0.2) is 5.25 Å². The maximum absolute atomic E-state index is 12.9. The molecule has 0 aromatic carbocycles. The number of imide groups is 1. The van der Waals surface area contributed by atoms with Gasteiger partial charge in [0.05, 0.1) is 6.04 Å². The highest BCUT2D eigenvalue weighted by molar-refractivity contribution is 7.90. The van der Waals surface area contributed by atoms with Crippen LogP contribution in [0, 0.1) is 5.92 Å². The van der Waals surface area contributed by atoms with Crippen molar-refractivity contribution in [1.82, 2.24) is 20.3 Å². The SMILES string of the molecule is CC1NC(=O)NC(=O)C1S(=O)(=O)N1CCC(C(=O)NC2CCCCCCC2)CC1. The first kappa shape index (κ1) is 22.0. The molecule has 29 heavy (non-hydrogen) atoms. The second-order valence-electron chi connectivity index (χ2n) is 8.44. The lowest BCUT2D eigenvalue weighted by Gasteiger charge is -2.36. The summed E-state index contributed by atoms with van der Waals surface area (Å²) in [7, 11) is -3.92. The van der Waals surface area contributed by atoms with Gasteiger partial charge in [-0.25, -0.2) is 17.5 Å². The minimum atomic E-state index is -3.92. The van der Waals surface area contributed by atoms with Gasteiger partial charge in [0, 0.05) is 25.0 Å². The molecule has 2 atom stereocenters. The van der Waals surface area contributed by atoms with Crippen LogP contribution in [0.5, 0.6) is 0 Å². The van der Waals surface area contributed by atoms with Crippen molar-refractivity contribution in [2.24, 2.45) is 5.92 Å². The van der Waals surface area contributed by atoms with Gasteiger partial charge in [-0.05, 0) is 32.6 Å². The summed E-state index contributed by atoms with van der Waals surface area (Å²) in [6, 6.07) is -1.26. The molecule has 3 aliphatic rings. The summed E-state index contributed by atoms with van der Waals surface area (Å²) < 4.78 is 27.2. The molecule has 164 valence electrons. The third-order valence-corrected chi connectivity index (χ3v) is 8.61. The van der Waals surface area contributed by atoms with Gasteiger partial charge in [-0.3, -0.25) is 14.9 Å². The summed E-state index contributed by atoms with van der Waals surface area (Å²) in [5.74, 6) is -0.988. The van der Waals surface area contributed by atoms with E-state index in [9.17, 15) is 22.8 Å². The molecule has 0 aromatic heterocycles. The number of sulfonamides is 1. The van der Waals surface area contributed by atoms with E-state index in [4.69, 9.17) is 0 Å². The highest BCUT2D eigenvalue weighted by Crippen LogP contribution is 2.25. The van der Waals surface area contributed by atoms with Gasteiger partial charge in [0.2, 0.25) is 21.8 Å². The molecule has 3 N–H and O–H groups in total. The second kappa shape index (κ2) is 9.42. The Morgan fingerprint density at radius 2 is 1.59 bits per heavy atom. The Kier molecular flexibility index (Phi) is 7.15. The van der Waals surface area contributed by atoms with Crippen molar-refractivity contribution in [3.63, 3.8) is 0 Å². The Hall–Kier alpha value is -1.68. The highest BCUT2D eigenvalue weighted by atomic mass is 32.2. The lowest BCUT2D eigenvalue weighted by molar-refractivity contribution is -0.127. The van der Waals surface area contributed by atoms with Crippen LogP contribution in [0.25, 0.3) is 0 Å². The van der Waals surface area contributed by atoms with E-state index >= 15 is 0 Å². The number of nitrogens with one attached hydrogen (secondary N) is 3. The van der Waals surface area contributed by atoms with Gasteiger partial charge in [-0.2, -0.15) is 0 Å². The van der Waals surface area contributed by atoms with Crippen molar-refractivity contribution in [3.8, 4) is 0 Å². The predicted octanol–water partition coefficient (Wildman–Crippen LogP) is 0.854. The first-order valence-electron chi connectivity index (χ1n) is 10.7. The predicted molar refractivity (Wildman–Crippen MR) is 107 cm³/mol. The van der Waals surface area contributed by atoms with Crippen molar-refractivity contribution < 1.29 is 22.8 Å². The lowest BCUT2D eigenvalue weighted by Crippen LogP contribution is -2.64. The maximum atomic E-state index is 12.9. The normalized spacial score (nSPS) is 28.7. The summed E-state index contributed by atoms with van der Waals surface area (Å²) in [5.41, 5.74) is 0. The van der Waals surface area contributed by atoms with Crippen LogP contribution in [-0.4, -0.2) is 61.0 Å². The Morgan fingerprint density at radius 1 is 1.00 bits per heavy atom.